The molecular formula is C14H16N2Si. The summed E-state index contributed by atoms with van der Waals surface area (Å²) in [5, 5.41) is 8.56. The molecule has 2 nitrogen and oxygen atoms in total. The van der Waals surface area contributed by atoms with Gasteiger partial charge in [-0.2, -0.15) is 5.10 Å². The summed E-state index contributed by atoms with van der Waals surface area (Å²) in [5.74, 6) is 0.951. The van der Waals surface area contributed by atoms with Crippen LogP contribution in [0.5, 0.6) is 0 Å². The standard InChI is InChI=1S/C14H16N2Si/c1-14(2)10-6-4-3-5-9(10)12(13(14)17)11-7-8-15-16-11/h3-5,7-8,10,12H,6H2,1-2H3,(H,15,16). The quantitative estimate of drug-likeness (QED) is 0.750. The first kappa shape index (κ1) is 10.9. The molecule has 2 atom stereocenters. The number of H-pyrrole nitrogens is 1. The van der Waals surface area contributed by atoms with Crippen molar-refractivity contribution < 1.29 is 0 Å². The molecule has 2 unspecified atom stereocenters. The molecule has 2 aliphatic rings. The van der Waals surface area contributed by atoms with Gasteiger partial charge in [0.15, 0.2) is 0 Å². The number of hydrogen-bond donors (Lipinski definition) is 1. The van der Waals surface area contributed by atoms with Gasteiger partial charge in [-0.15, -0.1) is 0 Å². The number of nitrogens with zero attached hydrogens (tertiary/aromatic N) is 1. The molecule has 3 heteroatoms. The highest BCUT2D eigenvalue weighted by Crippen LogP contribution is 2.53. The van der Waals surface area contributed by atoms with Crippen LogP contribution in [0.3, 0.4) is 0 Å². The van der Waals surface area contributed by atoms with Crippen molar-refractivity contribution in [2.45, 2.75) is 26.2 Å². The molecule has 2 aliphatic carbocycles. The summed E-state index contributed by atoms with van der Waals surface area (Å²) >= 11 is 0. The Morgan fingerprint density at radius 3 is 3.00 bits per heavy atom. The summed E-state index contributed by atoms with van der Waals surface area (Å²) in [7, 11) is 3.90. The van der Waals surface area contributed by atoms with Crippen LogP contribution in [-0.4, -0.2) is 25.2 Å². The van der Waals surface area contributed by atoms with Gasteiger partial charge in [-0.25, -0.2) is 0 Å². The van der Waals surface area contributed by atoms with Gasteiger partial charge in [0.25, 0.3) is 0 Å². The minimum Gasteiger partial charge on any atom is -0.282 e. The molecular weight excluding hydrogens is 224 g/mol. The number of hydrogen-bond acceptors (Lipinski definition) is 1. The van der Waals surface area contributed by atoms with Gasteiger partial charge in [-0.05, 0) is 23.8 Å². The van der Waals surface area contributed by atoms with E-state index >= 15 is 0 Å². The molecule has 0 bridgehead atoms. The first-order valence-electron chi connectivity index (χ1n) is 6.07. The maximum atomic E-state index is 4.08. The van der Waals surface area contributed by atoms with Gasteiger partial charge < -0.3 is 0 Å². The van der Waals surface area contributed by atoms with Crippen LogP contribution in [0.15, 0.2) is 36.1 Å². The predicted octanol–water partition coefficient (Wildman–Crippen LogP) is 2.38. The van der Waals surface area contributed by atoms with Gasteiger partial charge in [0.1, 0.15) is 0 Å². The van der Waals surface area contributed by atoms with Crippen molar-refractivity contribution in [3.63, 3.8) is 0 Å². The highest BCUT2D eigenvalue weighted by Gasteiger charge is 2.47. The van der Waals surface area contributed by atoms with Crippen LogP contribution >= 0.6 is 0 Å². The monoisotopic (exact) mass is 240 g/mol. The summed E-state index contributed by atoms with van der Waals surface area (Å²) < 4.78 is 0. The van der Waals surface area contributed by atoms with Crippen molar-refractivity contribution in [2.24, 2.45) is 11.3 Å². The summed E-state index contributed by atoms with van der Waals surface area (Å²) in [5.41, 5.74) is 2.89. The van der Waals surface area contributed by atoms with Gasteiger partial charge >= 0.3 is 0 Å². The van der Waals surface area contributed by atoms with Crippen LogP contribution in [0, 0.1) is 11.3 Å². The van der Waals surface area contributed by atoms with E-state index in [0.29, 0.717) is 11.8 Å². The lowest BCUT2D eigenvalue weighted by Crippen LogP contribution is -2.27. The van der Waals surface area contributed by atoms with E-state index in [1.165, 1.54) is 16.4 Å². The van der Waals surface area contributed by atoms with Crippen LogP contribution in [0.2, 0.25) is 0 Å². The number of rotatable bonds is 1. The number of aromatic amines is 1. The molecule has 0 saturated heterocycles. The van der Waals surface area contributed by atoms with E-state index in [4.69, 9.17) is 0 Å². The predicted molar refractivity (Wildman–Crippen MR) is 71.2 cm³/mol. The van der Waals surface area contributed by atoms with Crippen LogP contribution in [0.4, 0.5) is 0 Å². The molecule has 1 aromatic heterocycles. The highest BCUT2D eigenvalue weighted by atomic mass is 28.1. The fourth-order valence-corrected chi connectivity index (χ4v) is 3.64. The zero-order valence-electron chi connectivity index (χ0n) is 10.2. The lowest BCUT2D eigenvalue weighted by atomic mass is 9.77. The number of fused-ring (bicyclic) bond motifs is 1. The van der Waals surface area contributed by atoms with Crippen LogP contribution in [0.1, 0.15) is 31.9 Å². The third kappa shape index (κ3) is 1.45. The van der Waals surface area contributed by atoms with Crippen molar-refractivity contribution in [3.8, 4) is 0 Å². The van der Waals surface area contributed by atoms with E-state index in [0.717, 1.165) is 6.42 Å². The second-order valence-electron chi connectivity index (χ2n) is 5.46. The Morgan fingerprint density at radius 1 is 1.47 bits per heavy atom. The molecule has 1 saturated carbocycles. The second kappa shape index (κ2) is 3.64. The summed E-state index contributed by atoms with van der Waals surface area (Å²) in [4.78, 5) is 0. The summed E-state index contributed by atoms with van der Waals surface area (Å²) in [6, 6.07) is 2.07. The Hall–Kier alpha value is -1.22. The van der Waals surface area contributed by atoms with E-state index < -0.39 is 0 Å². The maximum Gasteiger partial charge on any atom is 0.0490 e. The molecule has 1 fully saturated rings. The van der Waals surface area contributed by atoms with Gasteiger partial charge in [0.2, 0.25) is 0 Å². The van der Waals surface area contributed by atoms with Crippen LogP contribution < -0.4 is 0 Å². The number of nitrogens with one attached hydrogen (secondary N) is 1. The van der Waals surface area contributed by atoms with E-state index in [2.05, 4.69) is 58.2 Å². The van der Waals surface area contributed by atoms with Gasteiger partial charge in [0, 0.05) is 27.7 Å². The van der Waals surface area contributed by atoms with Crippen molar-refractivity contribution in [1.82, 2.24) is 10.2 Å². The molecule has 0 aromatic carbocycles. The lowest BCUT2D eigenvalue weighted by molar-refractivity contribution is 0.386. The smallest absolute Gasteiger partial charge is 0.0490 e. The van der Waals surface area contributed by atoms with E-state index in [-0.39, 0.29) is 5.41 Å². The number of allylic oxidation sites excluding steroid dienone is 4. The largest absolute Gasteiger partial charge is 0.282 e. The Bertz CT molecular complexity index is 508. The zero-order chi connectivity index (χ0) is 12.0. The SMILES string of the molecule is CC1(C)C(=[Si])C(c2ccn[nH]2)C2=CC=CCC21. The average molecular weight is 240 g/mol. The topological polar surface area (TPSA) is 28.7 Å². The third-order valence-corrected chi connectivity index (χ3v) is 5.15. The van der Waals surface area contributed by atoms with Gasteiger partial charge in [-0.1, -0.05) is 42.8 Å². The van der Waals surface area contributed by atoms with E-state index in [1.54, 1.807) is 0 Å². The van der Waals surface area contributed by atoms with Gasteiger partial charge in [-0.3, -0.25) is 5.10 Å². The Kier molecular flexibility index (Phi) is 2.33. The van der Waals surface area contributed by atoms with E-state index in [1.807, 2.05) is 6.20 Å². The molecule has 0 spiro atoms. The lowest BCUT2D eigenvalue weighted by Gasteiger charge is -2.28. The minimum absolute atomic E-state index is 0.198. The fraction of sp³-hybridized carbons (Fsp3) is 0.429. The van der Waals surface area contributed by atoms with Crippen molar-refractivity contribution >= 4 is 15.0 Å². The molecule has 0 amide bonds. The van der Waals surface area contributed by atoms with Gasteiger partial charge in [0.05, 0.1) is 0 Å². The first-order chi connectivity index (χ1) is 8.12. The van der Waals surface area contributed by atoms with Crippen molar-refractivity contribution in [2.75, 3.05) is 0 Å². The molecule has 17 heavy (non-hydrogen) atoms. The molecule has 2 radical (unpaired) electrons. The molecule has 3 rings (SSSR count). The fourth-order valence-electron chi connectivity index (χ4n) is 3.14. The molecule has 0 aliphatic heterocycles. The minimum atomic E-state index is 0.198. The Morgan fingerprint density at radius 2 is 2.29 bits per heavy atom. The average Bonchev–Trinajstić information content (AvgIpc) is 2.88. The first-order valence-corrected chi connectivity index (χ1v) is 6.57. The zero-order valence-corrected chi connectivity index (χ0v) is 11.2. The Labute approximate surface area is 105 Å². The molecule has 1 N–H and O–H groups in total. The normalized spacial score (nSPS) is 30.2. The highest BCUT2D eigenvalue weighted by molar-refractivity contribution is 6.43. The van der Waals surface area contributed by atoms with Crippen molar-refractivity contribution in [3.05, 3.63) is 41.8 Å². The maximum absolute atomic E-state index is 4.08. The Balaban J connectivity index is 2.12. The third-order valence-electron chi connectivity index (χ3n) is 4.22. The number of aromatic nitrogens is 2. The molecule has 1 heterocycles. The summed E-state index contributed by atoms with van der Waals surface area (Å²) in [6.45, 7) is 4.65. The summed E-state index contributed by atoms with van der Waals surface area (Å²) in [6.07, 6.45) is 9.68. The molecule has 86 valence electrons. The van der Waals surface area contributed by atoms with Crippen LogP contribution in [-0.2, 0) is 0 Å². The molecule has 1 aromatic rings. The van der Waals surface area contributed by atoms with Crippen LogP contribution in [0.25, 0.3) is 0 Å². The van der Waals surface area contributed by atoms with Crippen molar-refractivity contribution in [1.29, 1.82) is 0 Å². The second-order valence-corrected chi connectivity index (χ2v) is 6.00. The van der Waals surface area contributed by atoms with E-state index in [9.17, 15) is 0 Å².